The molecule has 0 N–H and O–H groups in total. The fourth-order valence-corrected chi connectivity index (χ4v) is 9.47. The van der Waals surface area contributed by atoms with Crippen LogP contribution in [0, 0.1) is 52.3 Å². The highest BCUT2D eigenvalue weighted by atomic mass is 16.7. The second-order valence-corrected chi connectivity index (χ2v) is 12.4. The average Bonchev–Trinajstić information content (AvgIpc) is 3.18. The number of allylic oxidation sites excluding steroid dienone is 2. The smallest absolute Gasteiger partial charge is 0.232 e. The van der Waals surface area contributed by atoms with Crippen molar-refractivity contribution >= 4 is 11.6 Å². The van der Waals surface area contributed by atoms with Crippen LogP contribution in [0.4, 0.5) is 0 Å². The van der Waals surface area contributed by atoms with E-state index in [2.05, 4.69) is 39.8 Å². The van der Waals surface area contributed by atoms with Crippen LogP contribution in [-0.2, 0) is 19.1 Å². The zero-order valence-electron chi connectivity index (χ0n) is 19.6. The van der Waals surface area contributed by atoms with E-state index in [9.17, 15) is 9.59 Å². The van der Waals surface area contributed by atoms with Gasteiger partial charge in [-0.15, -0.1) is 0 Å². The lowest BCUT2D eigenvalue weighted by molar-refractivity contribution is -0.251. The summed E-state index contributed by atoms with van der Waals surface area (Å²) in [6, 6.07) is 0. The Balaban J connectivity index is 1.34. The molecule has 5 fully saturated rings. The van der Waals surface area contributed by atoms with Gasteiger partial charge in [-0.3, -0.25) is 9.59 Å². The number of carbonyl (C=O) groups excluding carboxylic acids is 2. The summed E-state index contributed by atoms with van der Waals surface area (Å²) in [6.45, 7) is 9.44. The minimum atomic E-state index is -1.11. The summed E-state index contributed by atoms with van der Waals surface area (Å²) in [5.74, 6) is 1.93. The Labute approximate surface area is 186 Å². The maximum absolute atomic E-state index is 14.0. The lowest BCUT2D eigenvalue weighted by Crippen LogP contribution is -2.58. The van der Waals surface area contributed by atoms with Gasteiger partial charge in [0, 0.05) is 30.1 Å². The van der Waals surface area contributed by atoms with Gasteiger partial charge in [-0.05, 0) is 67.1 Å². The lowest BCUT2D eigenvalue weighted by Gasteiger charge is -2.59. The molecular weight excluding hydrogens is 388 g/mol. The van der Waals surface area contributed by atoms with Crippen LogP contribution in [0.15, 0.2) is 12.2 Å². The SMILES string of the molecule is C[C@H]1CO[C@@]2(O[C@H]3C[C@H]4[C@@H]5CC[C@H]6CC=CC[C@]6(C)[C@H]5CC(=O)[C@]4(C)[C@H]3[C@@H]2C)C(=O)C1. The van der Waals surface area contributed by atoms with E-state index in [4.69, 9.17) is 9.47 Å². The van der Waals surface area contributed by atoms with Gasteiger partial charge in [0.2, 0.25) is 5.79 Å². The van der Waals surface area contributed by atoms with Gasteiger partial charge in [0.15, 0.2) is 5.78 Å². The summed E-state index contributed by atoms with van der Waals surface area (Å²) >= 11 is 0. The Hall–Kier alpha value is -1.00. The molecule has 4 nitrogen and oxygen atoms in total. The van der Waals surface area contributed by atoms with Gasteiger partial charge in [-0.1, -0.05) is 39.8 Å². The molecule has 2 heterocycles. The first-order valence-corrected chi connectivity index (χ1v) is 12.7. The first-order valence-electron chi connectivity index (χ1n) is 12.7. The van der Waals surface area contributed by atoms with E-state index < -0.39 is 5.79 Å². The second kappa shape index (κ2) is 6.53. The van der Waals surface area contributed by atoms with Gasteiger partial charge in [-0.25, -0.2) is 0 Å². The molecule has 6 aliphatic rings. The van der Waals surface area contributed by atoms with E-state index in [1.54, 1.807) is 0 Å². The number of Topliss-reactive ketones (excluding diaryl/α,β-unsaturated/α-hetero) is 2. The van der Waals surface area contributed by atoms with E-state index >= 15 is 0 Å². The number of ether oxygens (including phenoxy) is 2. The zero-order chi connectivity index (χ0) is 21.8. The van der Waals surface area contributed by atoms with Gasteiger partial charge >= 0.3 is 0 Å². The summed E-state index contributed by atoms with van der Waals surface area (Å²) < 4.78 is 12.7. The van der Waals surface area contributed by atoms with Gasteiger partial charge in [0.1, 0.15) is 5.78 Å². The summed E-state index contributed by atoms with van der Waals surface area (Å²) in [4.78, 5) is 27.1. The van der Waals surface area contributed by atoms with Crippen molar-refractivity contribution in [3.63, 3.8) is 0 Å². The number of hydrogen-bond acceptors (Lipinski definition) is 4. The molecule has 4 aliphatic carbocycles. The molecule has 0 aromatic heterocycles. The fourth-order valence-electron chi connectivity index (χ4n) is 9.47. The highest BCUT2D eigenvalue weighted by Gasteiger charge is 2.73. The Morgan fingerprint density at radius 3 is 2.58 bits per heavy atom. The fraction of sp³-hybridized carbons (Fsp3) is 0.852. The lowest BCUT2D eigenvalue weighted by atomic mass is 9.44. The van der Waals surface area contributed by atoms with Gasteiger partial charge in [0.05, 0.1) is 12.7 Å². The van der Waals surface area contributed by atoms with Crippen molar-refractivity contribution in [2.75, 3.05) is 6.61 Å². The molecule has 4 heteroatoms. The van der Waals surface area contributed by atoms with Crippen LogP contribution in [0.2, 0.25) is 0 Å². The molecule has 2 aliphatic heterocycles. The van der Waals surface area contributed by atoms with Crippen molar-refractivity contribution in [1.82, 2.24) is 0 Å². The minimum Gasteiger partial charge on any atom is -0.343 e. The van der Waals surface area contributed by atoms with Gasteiger partial charge in [0.25, 0.3) is 0 Å². The van der Waals surface area contributed by atoms with Crippen LogP contribution in [0.25, 0.3) is 0 Å². The molecule has 3 saturated carbocycles. The number of rotatable bonds is 0. The summed E-state index contributed by atoms with van der Waals surface area (Å²) in [7, 11) is 0. The number of carbonyl (C=O) groups is 2. The Morgan fingerprint density at radius 1 is 1.00 bits per heavy atom. The van der Waals surface area contributed by atoms with Gasteiger partial charge in [-0.2, -0.15) is 0 Å². The largest absolute Gasteiger partial charge is 0.343 e. The third kappa shape index (κ3) is 2.44. The molecule has 170 valence electrons. The topological polar surface area (TPSA) is 52.6 Å². The van der Waals surface area contributed by atoms with E-state index in [0.29, 0.717) is 43.0 Å². The minimum absolute atomic E-state index is 0.0261. The number of fused-ring (bicyclic) bond motifs is 7. The Morgan fingerprint density at radius 2 is 1.81 bits per heavy atom. The van der Waals surface area contributed by atoms with E-state index in [1.165, 1.54) is 19.3 Å². The molecule has 0 unspecified atom stereocenters. The van der Waals surface area contributed by atoms with Crippen molar-refractivity contribution in [1.29, 1.82) is 0 Å². The summed E-state index contributed by atoms with van der Waals surface area (Å²) in [5.41, 5.74) is -0.117. The molecule has 11 atom stereocenters. The molecule has 0 amide bonds. The third-order valence-electron chi connectivity index (χ3n) is 11.1. The van der Waals surface area contributed by atoms with Crippen LogP contribution < -0.4 is 0 Å². The third-order valence-corrected chi connectivity index (χ3v) is 11.1. The molecule has 6 rings (SSSR count). The predicted octanol–water partition coefficient (Wildman–Crippen LogP) is 4.96. The zero-order valence-corrected chi connectivity index (χ0v) is 19.6. The first-order chi connectivity index (χ1) is 14.7. The standard InChI is InChI=1S/C27H38O4/c1-15-11-23(29)27(30-14-15)16(2)24-21(31-27)12-20-18-9-8-17-7-5-6-10-25(17,3)19(18)13-22(28)26(20,24)4/h5-6,15-21,24H,7-14H2,1-4H3/t15-,16+,17-,18-,19+,20+,21+,24+,25+,26-,27+/m1/s1. The summed E-state index contributed by atoms with van der Waals surface area (Å²) in [6.07, 6.45) is 11.7. The Bertz CT molecular complexity index is 848. The molecule has 2 saturated heterocycles. The van der Waals surface area contributed by atoms with Crippen molar-refractivity contribution < 1.29 is 19.1 Å². The van der Waals surface area contributed by atoms with Crippen LogP contribution >= 0.6 is 0 Å². The molecular formula is C27H38O4. The molecule has 1 spiro atoms. The molecule has 31 heavy (non-hydrogen) atoms. The highest BCUT2D eigenvalue weighted by Crippen LogP contribution is 2.69. The molecule has 0 aromatic carbocycles. The molecule has 0 bridgehead atoms. The van der Waals surface area contributed by atoms with Crippen molar-refractivity contribution in [3.8, 4) is 0 Å². The number of hydrogen-bond donors (Lipinski definition) is 0. The monoisotopic (exact) mass is 426 g/mol. The Kier molecular flexibility index (Phi) is 4.34. The molecule has 0 radical (unpaired) electrons. The maximum atomic E-state index is 14.0. The molecule has 0 aromatic rings. The maximum Gasteiger partial charge on any atom is 0.232 e. The van der Waals surface area contributed by atoms with Crippen molar-refractivity contribution in [2.45, 2.75) is 84.5 Å². The van der Waals surface area contributed by atoms with Crippen LogP contribution in [0.3, 0.4) is 0 Å². The first kappa shape index (κ1) is 20.6. The van der Waals surface area contributed by atoms with Crippen molar-refractivity contribution in [2.24, 2.45) is 52.3 Å². The quantitative estimate of drug-likeness (QED) is 0.514. The second-order valence-electron chi connectivity index (χ2n) is 12.4. The average molecular weight is 427 g/mol. The highest BCUT2D eigenvalue weighted by molar-refractivity contribution is 5.90. The van der Waals surface area contributed by atoms with Crippen molar-refractivity contribution in [3.05, 3.63) is 12.2 Å². The van der Waals surface area contributed by atoms with Crippen LogP contribution in [0.5, 0.6) is 0 Å². The van der Waals surface area contributed by atoms with E-state index in [1.807, 2.05) is 0 Å². The van der Waals surface area contributed by atoms with Crippen LogP contribution in [0.1, 0.15) is 72.6 Å². The van der Waals surface area contributed by atoms with E-state index in [-0.39, 0.29) is 40.5 Å². The normalized spacial score (nSPS) is 58.1. The number of ketones is 2. The predicted molar refractivity (Wildman–Crippen MR) is 117 cm³/mol. The summed E-state index contributed by atoms with van der Waals surface area (Å²) in [5, 5.41) is 0. The van der Waals surface area contributed by atoms with Gasteiger partial charge < -0.3 is 9.47 Å². The van der Waals surface area contributed by atoms with Crippen LogP contribution in [-0.4, -0.2) is 30.1 Å². The van der Waals surface area contributed by atoms with E-state index in [0.717, 1.165) is 18.8 Å².